The topological polar surface area (TPSA) is 49.3 Å². The van der Waals surface area contributed by atoms with Crippen molar-refractivity contribution < 1.29 is 29.4 Å². The molecule has 98 valence electrons. The van der Waals surface area contributed by atoms with Crippen molar-refractivity contribution in [3.05, 3.63) is 58.1 Å². The van der Waals surface area contributed by atoms with Crippen LogP contribution in [-0.4, -0.2) is 11.1 Å². The smallest absolute Gasteiger partial charge is 0.481 e. The SMILES string of the molecule is O=C(O)Cc1ccccc1Nc1c(Cl)cccc1Cl.[Zn+2]. The summed E-state index contributed by atoms with van der Waals surface area (Å²) in [5, 5.41) is 12.9. The summed E-state index contributed by atoms with van der Waals surface area (Å²) in [6, 6.07) is 12.3. The fourth-order valence-corrected chi connectivity index (χ4v) is 2.20. The number of para-hydroxylation sites is 2. The van der Waals surface area contributed by atoms with Crippen LogP contribution in [0.2, 0.25) is 10.0 Å². The molecule has 0 amide bonds. The fraction of sp³-hybridized carbons (Fsp3) is 0.0714. The summed E-state index contributed by atoms with van der Waals surface area (Å²) in [6.45, 7) is 0. The largest absolute Gasteiger partial charge is 2.00 e. The molecule has 0 unspecified atom stereocenters. The first kappa shape index (κ1) is 17.0. The Kier molecular flexibility index (Phi) is 6.47. The summed E-state index contributed by atoms with van der Waals surface area (Å²) in [5.74, 6) is -0.889. The van der Waals surface area contributed by atoms with Crippen LogP contribution in [-0.2, 0) is 30.7 Å². The first-order valence-corrected chi connectivity index (χ1v) is 6.34. The van der Waals surface area contributed by atoms with Crippen LogP contribution in [0.15, 0.2) is 42.5 Å². The van der Waals surface area contributed by atoms with Crippen molar-refractivity contribution in [2.24, 2.45) is 0 Å². The minimum atomic E-state index is -0.889. The Balaban J connectivity index is 0.00000200. The van der Waals surface area contributed by atoms with E-state index in [-0.39, 0.29) is 25.9 Å². The molecular formula is C14H11Cl2NO2Zn+2. The van der Waals surface area contributed by atoms with Crippen LogP contribution in [0.1, 0.15) is 5.56 Å². The molecule has 0 bridgehead atoms. The number of benzene rings is 2. The van der Waals surface area contributed by atoms with Crippen molar-refractivity contribution in [2.75, 3.05) is 5.32 Å². The second-order valence-corrected chi connectivity index (χ2v) is 4.76. The Morgan fingerprint density at radius 1 is 1.05 bits per heavy atom. The van der Waals surface area contributed by atoms with Gasteiger partial charge in [0.15, 0.2) is 0 Å². The molecule has 0 saturated carbocycles. The van der Waals surface area contributed by atoms with Crippen LogP contribution in [0.25, 0.3) is 0 Å². The Morgan fingerprint density at radius 2 is 1.65 bits per heavy atom. The van der Waals surface area contributed by atoms with E-state index in [1.54, 1.807) is 36.4 Å². The van der Waals surface area contributed by atoms with E-state index < -0.39 is 5.97 Å². The number of nitrogens with one attached hydrogen (secondary N) is 1. The third kappa shape index (κ3) is 4.21. The first-order valence-electron chi connectivity index (χ1n) is 5.58. The molecule has 2 N–H and O–H groups in total. The average molecular weight is 362 g/mol. The molecule has 0 saturated heterocycles. The number of rotatable bonds is 4. The molecular weight excluding hydrogens is 350 g/mol. The standard InChI is InChI=1S/C14H11Cl2NO2.Zn/c15-10-5-3-6-11(16)14(10)17-12-7-2-1-4-9(12)8-13(18)19;/h1-7,17H,8H2,(H,18,19);/q;+2. The molecule has 0 fully saturated rings. The monoisotopic (exact) mass is 359 g/mol. The number of carboxylic acid groups (broad SMARTS) is 1. The number of hydrogen-bond donors (Lipinski definition) is 2. The average Bonchev–Trinajstić information content (AvgIpc) is 2.35. The Labute approximate surface area is 139 Å². The van der Waals surface area contributed by atoms with Crippen molar-refractivity contribution in [3.63, 3.8) is 0 Å². The number of halogens is 2. The quantitative estimate of drug-likeness (QED) is 0.796. The molecule has 0 aliphatic rings. The maximum Gasteiger partial charge on any atom is 2.00 e. The summed E-state index contributed by atoms with van der Waals surface area (Å²) in [4.78, 5) is 10.8. The predicted octanol–water partition coefficient (Wildman–Crippen LogP) is 4.36. The molecule has 0 atom stereocenters. The van der Waals surface area contributed by atoms with E-state index >= 15 is 0 Å². The van der Waals surface area contributed by atoms with Gasteiger partial charge in [0.05, 0.1) is 22.2 Å². The fourth-order valence-electron chi connectivity index (χ4n) is 1.71. The van der Waals surface area contributed by atoms with Gasteiger partial charge < -0.3 is 10.4 Å². The third-order valence-corrected chi connectivity index (χ3v) is 3.21. The molecule has 0 aliphatic carbocycles. The second-order valence-electron chi connectivity index (χ2n) is 3.95. The van der Waals surface area contributed by atoms with Crippen molar-refractivity contribution in [1.29, 1.82) is 0 Å². The summed E-state index contributed by atoms with van der Waals surface area (Å²) in [7, 11) is 0. The Morgan fingerprint density at radius 3 is 2.25 bits per heavy atom. The van der Waals surface area contributed by atoms with Gasteiger partial charge in [0.2, 0.25) is 0 Å². The number of aliphatic carboxylic acids is 1. The molecule has 0 aliphatic heterocycles. The summed E-state index contributed by atoms with van der Waals surface area (Å²) in [6.07, 6.45) is -0.0642. The molecule has 3 nitrogen and oxygen atoms in total. The van der Waals surface area contributed by atoms with E-state index in [9.17, 15) is 4.79 Å². The summed E-state index contributed by atoms with van der Waals surface area (Å²) in [5.41, 5.74) is 1.93. The Hall–Kier alpha value is -1.09. The first-order chi connectivity index (χ1) is 9.08. The van der Waals surface area contributed by atoms with E-state index in [2.05, 4.69) is 5.32 Å². The number of carbonyl (C=O) groups is 1. The number of hydrogen-bond acceptors (Lipinski definition) is 2. The van der Waals surface area contributed by atoms with Gasteiger partial charge in [-0.05, 0) is 23.8 Å². The second kappa shape index (κ2) is 7.63. The van der Waals surface area contributed by atoms with Gasteiger partial charge >= 0.3 is 25.4 Å². The minimum Gasteiger partial charge on any atom is -0.481 e. The molecule has 20 heavy (non-hydrogen) atoms. The van der Waals surface area contributed by atoms with Crippen LogP contribution >= 0.6 is 23.2 Å². The van der Waals surface area contributed by atoms with Gasteiger partial charge in [0.1, 0.15) is 0 Å². The zero-order valence-electron chi connectivity index (χ0n) is 10.6. The minimum absolute atomic E-state index is 0. The van der Waals surface area contributed by atoms with Gasteiger partial charge in [0.25, 0.3) is 0 Å². The van der Waals surface area contributed by atoms with Crippen LogP contribution in [0, 0.1) is 0 Å². The number of carboxylic acids is 1. The van der Waals surface area contributed by atoms with Gasteiger partial charge in [0, 0.05) is 5.69 Å². The normalized spacial score (nSPS) is 9.70. The van der Waals surface area contributed by atoms with Crippen molar-refractivity contribution in [2.45, 2.75) is 6.42 Å². The predicted molar refractivity (Wildman–Crippen MR) is 77.5 cm³/mol. The maximum absolute atomic E-state index is 10.8. The van der Waals surface area contributed by atoms with Gasteiger partial charge in [-0.2, -0.15) is 0 Å². The zero-order valence-corrected chi connectivity index (χ0v) is 15.0. The molecule has 6 heteroatoms. The van der Waals surface area contributed by atoms with Crippen LogP contribution in [0.5, 0.6) is 0 Å². The molecule has 0 heterocycles. The molecule has 0 aromatic heterocycles. The van der Waals surface area contributed by atoms with E-state index in [0.29, 0.717) is 27.0 Å². The van der Waals surface area contributed by atoms with E-state index in [4.69, 9.17) is 28.3 Å². The maximum atomic E-state index is 10.8. The van der Waals surface area contributed by atoms with Gasteiger partial charge in [-0.3, -0.25) is 4.79 Å². The molecule has 2 rings (SSSR count). The Bertz CT molecular complexity index is 600. The van der Waals surface area contributed by atoms with Crippen molar-refractivity contribution >= 4 is 40.5 Å². The van der Waals surface area contributed by atoms with Crippen LogP contribution in [0.4, 0.5) is 11.4 Å². The van der Waals surface area contributed by atoms with Crippen molar-refractivity contribution in [3.8, 4) is 0 Å². The van der Waals surface area contributed by atoms with Crippen LogP contribution < -0.4 is 5.32 Å². The zero-order chi connectivity index (χ0) is 13.8. The van der Waals surface area contributed by atoms with Crippen LogP contribution in [0.3, 0.4) is 0 Å². The van der Waals surface area contributed by atoms with E-state index in [1.165, 1.54) is 0 Å². The van der Waals surface area contributed by atoms with Gasteiger partial charge in [-0.15, -0.1) is 0 Å². The molecule has 2 aromatic carbocycles. The van der Waals surface area contributed by atoms with Crippen molar-refractivity contribution in [1.82, 2.24) is 0 Å². The summed E-state index contributed by atoms with van der Waals surface area (Å²) < 4.78 is 0. The molecule has 0 spiro atoms. The van der Waals surface area contributed by atoms with Gasteiger partial charge in [-0.1, -0.05) is 47.5 Å². The molecule has 2 aromatic rings. The third-order valence-electron chi connectivity index (χ3n) is 2.58. The van der Waals surface area contributed by atoms with E-state index in [1.807, 2.05) is 6.07 Å². The molecule has 0 radical (unpaired) electrons. The number of anilines is 2. The van der Waals surface area contributed by atoms with E-state index in [0.717, 1.165) is 0 Å². The summed E-state index contributed by atoms with van der Waals surface area (Å²) >= 11 is 12.1. The van der Waals surface area contributed by atoms with Gasteiger partial charge in [-0.25, -0.2) is 0 Å².